The van der Waals surface area contributed by atoms with Crippen LogP contribution < -0.4 is 4.72 Å². The molecule has 2 fully saturated rings. The van der Waals surface area contributed by atoms with Crippen LogP contribution in [0.5, 0.6) is 0 Å². The highest BCUT2D eigenvalue weighted by atomic mass is 32.2. The van der Waals surface area contributed by atoms with Crippen LogP contribution in [0.4, 0.5) is 0 Å². The van der Waals surface area contributed by atoms with Crippen molar-refractivity contribution in [3.05, 3.63) is 29.8 Å². The lowest BCUT2D eigenvalue weighted by molar-refractivity contribution is -0.133. The highest BCUT2D eigenvalue weighted by molar-refractivity contribution is 7.89. The third-order valence-electron chi connectivity index (χ3n) is 5.61. The van der Waals surface area contributed by atoms with Crippen LogP contribution in [0, 0.1) is 18.3 Å². The van der Waals surface area contributed by atoms with Crippen molar-refractivity contribution < 1.29 is 18.0 Å². The zero-order valence-corrected chi connectivity index (χ0v) is 17.3. The van der Waals surface area contributed by atoms with Gasteiger partial charge in [0.1, 0.15) is 0 Å². The molecule has 0 atom stereocenters. The van der Waals surface area contributed by atoms with E-state index in [2.05, 4.69) is 10.6 Å². The van der Waals surface area contributed by atoms with E-state index in [-0.39, 0.29) is 23.3 Å². The molecule has 3 rings (SSSR count). The highest BCUT2D eigenvalue weighted by Gasteiger charge is 2.27. The van der Waals surface area contributed by atoms with E-state index in [0.29, 0.717) is 44.1 Å². The SMILES string of the molecule is C#CCNS(=O)(=O)c1cccc(C(=O)N2CCN(C(=O)CC3CCCC3)CC2)c1. The highest BCUT2D eigenvalue weighted by Crippen LogP contribution is 2.28. The largest absolute Gasteiger partial charge is 0.339 e. The Morgan fingerprint density at radius 3 is 2.41 bits per heavy atom. The van der Waals surface area contributed by atoms with Crippen molar-refractivity contribution in [2.24, 2.45) is 5.92 Å². The Bertz CT molecular complexity index is 893. The summed E-state index contributed by atoms with van der Waals surface area (Å²) in [4.78, 5) is 28.8. The van der Waals surface area contributed by atoms with Crippen LogP contribution >= 0.6 is 0 Å². The van der Waals surface area contributed by atoms with Crippen LogP contribution in [0.3, 0.4) is 0 Å². The van der Waals surface area contributed by atoms with Gasteiger partial charge < -0.3 is 9.80 Å². The molecule has 2 amide bonds. The van der Waals surface area contributed by atoms with Crippen molar-refractivity contribution in [2.75, 3.05) is 32.7 Å². The molecule has 7 nitrogen and oxygen atoms in total. The van der Waals surface area contributed by atoms with Gasteiger partial charge in [0, 0.05) is 38.2 Å². The fourth-order valence-corrected chi connectivity index (χ4v) is 4.93. The van der Waals surface area contributed by atoms with Gasteiger partial charge in [-0.25, -0.2) is 8.42 Å². The van der Waals surface area contributed by atoms with Gasteiger partial charge in [0.2, 0.25) is 15.9 Å². The Morgan fingerprint density at radius 1 is 1.10 bits per heavy atom. The van der Waals surface area contributed by atoms with E-state index in [4.69, 9.17) is 6.42 Å². The molecule has 1 N–H and O–H groups in total. The lowest BCUT2D eigenvalue weighted by Crippen LogP contribution is -2.50. The maximum atomic E-state index is 12.8. The fraction of sp³-hybridized carbons (Fsp3) is 0.524. The Balaban J connectivity index is 1.58. The van der Waals surface area contributed by atoms with Gasteiger partial charge >= 0.3 is 0 Å². The molecule has 0 unspecified atom stereocenters. The fourth-order valence-electron chi connectivity index (χ4n) is 3.95. The molecule has 1 aromatic rings. The van der Waals surface area contributed by atoms with Gasteiger partial charge in [0.25, 0.3) is 5.91 Å². The van der Waals surface area contributed by atoms with Gasteiger partial charge in [-0.1, -0.05) is 24.8 Å². The molecule has 0 aromatic heterocycles. The van der Waals surface area contributed by atoms with Crippen molar-refractivity contribution in [1.82, 2.24) is 14.5 Å². The average molecular weight is 418 g/mol. The number of amides is 2. The molecule has 2 aliphatic rings. The van der Waals surface area contributed by atoms with E-state index < -0.39 is 10.0 Å². The summed E-state index contributed by atoms with van der Waals surface area (Å²) in [5, 5.41) is 0. The first kappa shape index (κ1) is 21.3. The zero-order valence-electron chi connectivity index (χ0n) is 16.5. The average Bonchev–Trinajstić information content (AvgIpc) is 3.25. The van der Waals surface area contributed by atoms with E-state index >= 15 is 0 Å². The predicted molar refractivity (Wildman–Crippen MR) is 110 cm³/mol. The number of hydrogen-bond donors (Lipinski definition) is 1. The molecule has 1 aliphatic heterocycles. The summed E-state index contributed by atoms with van der Waals surface area (Å²) in [5.41, 5.74) is 0.305. The minimum absolute atomic E-state index is 0.00368. The Kier molecular flexibility index (Phi) is 6.93. The van der Waals surface area contributed by atoms with E-state index in [1.165, 1.54) is 25.0 Å². The summed E-state index contributed by atoms with van der Waals surface area (Å²) in [6, 6.07) is 5.92. The summed E-state index contributed by atoms with van der Waals surface area (Å²) < 4.78 is 26.7. The normalized spacial score (nSPS) is 17.9. The number of nitrogens with one attached hydrogen (secondary N) is 1. The second-order valence-electron chi connectivity index (χ2n) is 7.58. The van der Waals surface area contributed by atoms with Crippen molar-refractivity contribution in [1.29, 1.82) is 0 Å². The standard InChI is InChI=1S/C21H27N3O4S/c1-2-10-22-29(27,28)19-9-5-8-18(16-19)21(26)24-13-11-23(12-14-24)20(25)15-17-6-3-4-7-17/h1,5,8-9,16-17,22H,3-4,6-7,10-15H2. The van der Waals surface area contributed by atoms with Crippen LogP contribution in [-0.4, -0.2) is 62.8 Å². The molecule has 1 aromatic carbocycles. The summed E-state index contributed by atoms with van der Waals surface area (Å²) in [6.07, 6.45) is 10.4. The van der Waals surface area contributed by atoms with Crippen molar-refractivity contribution in [3.8, 4) is 12.3 Å². The maximum Gasteiger partial charge on any atom is 0.254 e. The monoisotopic (exact) mass is 417 g/mol. The van der Waals surface area contributed by atoms with E-state index in [1.807, 2.05) is 4.90 Å². The minimum Gasteiger partial charge on any atom is -0.339 e. The number of rotatable bonds is 6. The van der Waals surface area contributed by atoms with Gasteiger partial charge in [-0.15, -0.1) is 6.42 Å². The van der Waals surface area contributed by atoms with Gasteiger partial charge in [0.05, 0.1) is 11.4 Å². The summed E-state index contributed by atoms with van der Waals surface area (Å²) in [5.74, 6) is 2.67. The van der Waals surface area contributed by atoms with Gasteiger partial charge in [-0.05, 0) is 37.0 Å². The number of terminal acetylenes is 1. The van der Waals surface area contributed by atoms with Crippen molar-refractivity contribution in [3.63, 3.8) is 0 Å². The summed E-state index contributed by atoms with van der Waals surface area (Å²) in [6.45, 7) is 1.80. The van der Waals surface area contributed by atoms with Crippen LogP contribution in [0.25, 0.3) is 0 Å². The van der Waals surface area contributed by atoms with Crippen molar-refractivity contribution >= 4 is 21.8 Å². The number of benzene rings is 1. The molecule has 8 heteroatoms. The number of carbonyl (C=O) groups is 2. The second-order valence-corrected chi connectivity index (χ2v) is 9.35. The molecule has 0 spiro atoms. The van der Waals surface area contributed by atoms with E-state index in [0.717, 1.165) is 12.8 Å². The molecule has 1 saturated heterocycles. The van der Waals surface area contributed by atoms with Crippen LogP contribution in [-0.2, 0) is 14.8 Å². The molecular weight excluding hydrogens is 390 g/mol. The topological polar surface area (TPSA) is 86.8 Å². The van der Waals surface area contributed by atoms with Crippen LogP contribution in [0.1, 0.15) is 42.5 Å². The molecule has 156 valence electrons. The first-order valence-corrected chi connectivity index (χ1v) is 11.5. The van der Waals surface area contributed by atoms with Gasteiger partial charge in [-0.2, -0.15) is 4.72 Å². The van der Waals surface area contributed by atoms with Crippen LogP contribution in [0.2, 0.25) is 0 Å². The molecule has 0 radical (unpaired) electrons. The van der Waals surface area contributed by atoms with E-state index in [1.54, 1.807) is 17.0 Å². The number of carbonyl (C=O) groups excluding carboxylic acids is 2. The van der Waals surface area contributed by atoms with Crippen molar-refractivity contribution in [2.45, 2.75) is 37.0 Å². The molecule has 1 saturated carbocycles. The third-order valence-corrected chi connectivity index (χ3v) is 7.01. The molecule has 29 heavy (non-hydrogen) atoms. The predicted octanol–water partition coefficient (Wildman–Crippen LogP) is 1.46. The first-order chi connectivity index (χ1) is 13.9. The molecule has 0 bridgehead atoms. The lowest BCUT2D eigenvalue weighted by atomic mass is 10.0. The maximum absolute atomic E-state index is 12.8. The first-order valence-electron chi connectivity index (χ1n) is 10.0. The quantitative estimate of drug-likeness (QED) is 0.710. The van der Waals surface area contributed by atoms with Gasteiger partial charge in [0.15, 0.2) is 0 Å². The van der Waals surface area contributed by atoms with Crippen LogP contribution in [0.15, 0.2) is 29.2 Å². The smallest absolute Gasteiger partial charge is 0.254 e. The zero-order chi connectivity index (χ0) is 20.9. The van der Waals surface area contributed by atoms with E-state index in [9.17, 15) is 18.0 Å². The Hall–Kier alpha value is -2.37. The van der Waals surface area contributed by atoms with Gasteiger partial charge in [-0.3, -0.25) is 9.59 Å². The number of hydrogen-bond acceptors (Lipinski definition) is 4. The number of piperazine rings is 1. The Labute approximate surface area is 172 Å². The number of sulfonamides is 1. The summed E-state index contributed by atoms with van der Waals surface area (Å²) in [7, 11) is -3.76. The third kappa shape index (κ3) is 5.37. The molecule has 1 aliphatic carbocycles. The number of nitrogens with zero attached hydrogens (tertiary/aromatic N) is 2. The summed E-state index contributed by atoms with van der Waals surface area (Å²) >= 11 is 0. The second kappa shape index (κ2) is 9.42. The molecule has 1 heterocycles. The molecular formula is C21H27N3O4S. The minimum atomic E-state index is -3.76. The Morgan fingerprint density at radius 2 is 1.76 bits per heavy atom. The lowest BCUT2D eigenvalue weighted by Gasteiger charge is -2.35.